The van der Waals surface area contributed by atoms with Gasteiger partial charge in [-0.1, -0.05) is 11.6 Å². The first-order valence-corrected chi connectivity index (χ1v) is 7.88. The van der Waals surface area contributed by atoms with Gasteiger partial charge in [-0.2, -0.15) is 4.31 Å². The minimum absolute atomic E-state index is 0.175. The molecule has 0 aliphatic carbocycles. The van der Waals surface area contributed by atoms with E-state index in [1.165, 1.54) is 22.6 Å². The first-order chi connectivity index (χ1) is 8.73. The zero-order valence-electron chi connectivity index (χ0n) is 11.3. The van der Waals surface area contributed by atoms with Gasteiger partial charge in [-0.15, -0.1) is 0 Å². The largest absolute Gasteiger partial charge is 0.299 e. The van der Waals surface area contributed by atoms with Gasteiger partial charge >= 0.3 is 0 Å². The van der Waals surface area contributed by atoms with Gasteiger partial charge < -0.3 is 0 Å². The molecule has 0 bridgehead atoms. The molecule has 1 saturated heterocycles. The minimum Gasteiger partial charge on any atom is -0.299 e. The van der Waals surface area contributed by atoms with Crippen molar-refractivity contribution in [2.75, 3.05) is 26.7 Å². The number of aromatic nitrogens is 1. The van der Waals surface area contributed by atoms with Crippen LogP contribution < -0.4 is 0 Å². The Kier molecular flexibility index (Phi) is 3.88. The van der Waals surface area contributed by atoms with Crippen molar-refractivity contribution in [2.45, 2.75) is 24.3 Å². The van der Waals surface area contributed by atoms with Gasteiger partial charge in [0.1, 0.15) is 10.0 Å². The number of sulfonamides is 1. The predicted molar refractivity (Wildman–Crippen MR) is 74.7 cm³/mol. The summed E-state index contributed by atoms with van der Waals surface area (Å²) in [6.07, 6.45) is 1.31. The second-order valence-electron chi connectivity index (χ2n) is 5.39. The van der Waals surface area contributed by atoms with Crippen LogP contribution in [0.4, 0.5) is 0 Å². The maximum absolute atomic E-state index is 12.5. The Labute approximate surface area is 119 Å². The Morgan fingerprint density at radius 2 is 2.00 bits per heavy atom. The zero-order chi connectivity index (χ0) is 14.3. The van der Waals surface area contributed by atoms with Crippen LogP contribution in [0.25, 0.3) is 0 Å². The van der Waals surface area contributed by atoms with Crippen molar-refractivity contribution in [1.29, 1.82) is 0 Å². The smallest absolute Gasteiger partial charge is 0.244 e. The van der Waals surface area contributed by atoms with Crippen LogP contribution in [0.15, 0.2) is 23.2 Å². The molecule has 0 atom stereocenters. The number of hydrogen-bond donors (Lipinski definition) is 0. The summed E-state index contributed by atoms with van der Waals surface area (Å²) in [5.41, 5.74) is -0.175. The number of rotatable bonds is 2. The van der Waals surface area contributed by atoms with Crippen molar-refractivity contribution in [2.24, 2.45) is 0 Å². The molecule has 106 valence electrons. The molecule has 0 unspecified atom stereocenters. The van der Waals surface area contributed by atoms with Crippen LogP contribution in [0.3, 0.4) is 0 Å². The lowest BCUT2D eigenvalue weighted by molar-refractivity contribution is 0.0801. The van der Waals surface area contributed by atoms with Gasteiger partial charge in [0.2, 0.25) is 10.0 Å². The second-order valence-corrected chi connectivity index (χ2v) is 7.71. The number of hydrogen-bond acceptors (Lipinski definition) is 4. The summed E-state index contributed by atoms with van der Waals surface area (Å²) in [5, 5.41) is 0.289. The first kappa shape index (κ1) is 14.7. The lowest BCUT2D eigenvalue weighted by Crippen LogP contribution is -2.58. The third kappa shape index (κ3) is 2.91. The molecule has 1 aliphatic rings. The number of halogens is 1. The van der Waals surface area contributed by atoms with Gasteiger partial charge in [-0.25, -0.2) is 13.4 Å². The van der Waals surface area contributed by atoms with E-state index in [2.05, 4.69) is 9.88 Å². The number of pyridine rings is 1. The van der Waals surface area contributed by atoms with Crippen LogP contribution in [-0.4, -0.2) is 54.8 Å². The molecule has 0 spiro atoms. The van der Waals surface area contributed by atoms with E-state index in [1.54, 1.807) is 0 Å². The van der Waals surface area contributed by atoms with Gasteiger partial charge in [-0.05, 0) is 33.0 Å². The normalized spacial score (nSPS) is 21.5. The van der Waals surface area contributed by atoms with Crippen molar-refractivity contribution >= 4 is 21.6 Å². The molecule has 1 aliphatic heterocycles. The SMILES string of the molecule is CN1CCN(S(=O)(=O)c2ccc(Cl)nc2)CC1(C)C. The predicted octanol–water partition coefficient (Wildman–Crippen LogP) is 1.45. The van der Waals surface area contributed by atoms with Crippen LogP contribution in [0.1, 0.15) is 13.8 Å². The minimum atomic E-state index is -3.49. The number of piperazine rings is 1. The molecule has 2 rings (SSSR count). The summed E-state index contributed by atoms with van der Waals surface area (Å²) < 4.78 is 26.5. The van der Waals surface area contributed by atoms with E-state index in [-0.39, 0.29) is 15.6 Å². The number of nitrogens with zero attached hydrogens (tertiary/aromatic N) is 3. The molecule has 1 fully saturated rings. The van der Waals surface area contributed by atoms with Crippen LogP contribution in [0, 0.1) is 0 Å². The highest BCUT2D eigenvalue weighted by atomic mass is 35.5. The molecule has 0 saturated carbocycles. The average Bonchev–Trinajstić information content (AvgIpc) is 2.33. The molecule has 0 N–H and O–H groups in total. The maximum Gasteiger partial charge on any atom is 0.244 e. The summed E-state index contributed by atoms with van der Waals surface area (Å²) >= 11 is 5.69. The summed E-state index contributed by atoms with van der Waals surface area (Å²) in [4.78, 5) is 6.20. The molecule has 1 aromatic heterocycles. The zero-order valence-corrected chi connectivity index (χ0v) is 12.9. The molecule has 19 heavy (non-hydrogen) atoms. The second kappa shape index (κ2) is 5.01. The van der Waals surface area contributed by atoms with E-state index in [0.717, 1.165) is 0 Å². The summed E-state index contributed by atoms with van der Waals surface area (Å²) in [6.45, 7) is 5.75. The highest BCUT2D eigenvalue weighted by molar-refractivity contribution is 7.89. The van der Waals surface area contributed by atoms with Crippen LogP contribution in [0.5, 0.6) is 0 Å². The number of likely N-dealkylation sites (N-methyl/N-ethyl adjacent to an activating group) is 1. The first-order valence-electron chi connectivity index (χ1n) is 6.06. The molecule has 7 heteroatoms. The van der Waals surface area contributed by atoms with Crippen molar-refractivity contribution in [1.82, 2.24) is 14.2 Å². The Morgan fingerprint density at radius 1 is 1.32 bits per heavy atom. The monoisotopic (exact) mass is 303 g/mol. The van der Waals surface area contributed by atoms with Crippen molar-refractivity contribution < 1.29 is 8.42 Å². The van der Waals surface area contributed by atoms with Gasteiger partial charge in [0, 0.05) is 31.4 Å². The Morgan fingerprint density at radius 3 is 2.53 bits per heavy atom. The van der Waals surface area contributed by atoms with E-state index in [4.69, 9.17) is 11.6 Å². The fourth-order valence-corrected chi connectivity index (χ4v) is 3.71. The maximum atomic E-state index is 12.5. The Balaban J connectivity index is 2.28. The Bertz CT molecular complexity index is 557. The van der Waals surface area contributed by atoms with Crippen molar-refractivity contribution in [3.63, 3.8) is 0 Å². The lowest BCUT2D eigenvalue weighted by atomic mass is 10.0. The quantitative estimate of drug-likeness (QED) is 0.776. The highest BCUT2D eigenvalue weighted by Gasteiger charge is 2.37. The van der Waals surface area contributed by atoms with E-state index < -0.39 is 10.0 Å². The van der Waals surface area contributed by atoms with Crippen LogP contribution in [-0.2, 0) is 10.0 Å². The molecule has 0 aromatic carbocycles. The fraction of sp³-hybridized carbons (Fsp3) is 0.583. The molecular formula is C12H18ClN3O2S. The van der Waals surface area contributed by atoms with Gasteiger partial charge in [0.25, 0.3) is 0 Å². The van der Waals surface area contributed by atoms with E-state index >= 15 is 0 Å². The molecule has 0 radical (unpaired) electrons. The Hall–Kier alpha value is -0.690. The molecular weight excluding hydrogens is 286 g/mol. The standard InChI is InChI=1S/C12H18ClN3O2S/c1-12(2)9-16(7-6-15(12)3)19(17,18)10-4-5-11(13)14-8-10/h4-5,8H,6-7,9H2,1-3H3. The third-order valence-corrected chi connectivity index (χ3v) is 5.67. The average molecular weight is 304 g/mol. The van der Waals surface area contributed by atoms with E-state index in [0.29, 0.717) is 19.6 Å². The van der Waals surface area contributed by atoms with Crippen LogP contribution in [0.2, 0.25) is 5.15 Å². The summed E-state index contributed by atoms with van der Waals surface area (Å²) in [5.74, 6) is 0. The van der Waals surface area contributed by atoms with Crippen molar-refractivity contribution in [3.8, 4) is 0 Å². The molecule has 1 aromatic rings. The molecule has 2 heterocycles. The molecule has 5 nitrogen and oxygen atoms in total. The fourth-order valence-electron chi connectivity index (χ4n) is 2.06. The van der Waals surface area contributed by atoms with Crippen LogP contribution >= 0.6 is 11.6 Å². The van der Waals surface area contributed by atoms with Gasteiger partial charge in [0.15, 0.2) is 0 Å². The summed E-state index contributed by atoms with van der Waals surface area (Å²) in [7, 11) is -1.48. The van der Waals surface area contributed by atoms with Gasteiger partial charge in [0.05, 0.1) is 0 Å². The van der Waals surface area contributed by atoms with Gasteiger partial charge in [-0.3, -0.25) is 4.90 Å². The van der Waals surface area contributed by atoms with E-state index in [1.807, 2.05) is 20.9 Å². The topological polar surface area (TPSA) is 53.5 Å². The third-order valence-electron chi connectivity index (χ3n) is 3.62. The summed E-state index contributed by atoms with van der Waals surface area (Å²) in [6, 6.07) is 2.99. The van der Waals surface area contributed by atoms with E-state index in [9.17, 15) is 8.42 Å². The highest BCUT2D eigenvalue weighted by Crippen LogP contribution is 2.24. The molecule has 0 amide bonds. The lowest BCUT2D eigenvalue weighted by Gasteiger charge is -2.44. The van der Waals surface area contributed by atoms with Crippen molar-refractivity contribution in [3.05, 3.63) is 23.5 Å².